The molecule has 3 heteroatoms. The molecule has 1 aromatic heterocycles. The maximum absolute atomic E-state index is 13.3. The van der Waals surface area contributed by atoms with Crippen LogP contribution < -0.4 is 0 Å². The molecule has 0 aliphatic rings. The first kappa shape index (κ1) is 13.4. The summed E-state index contributed by atoms with van der Waals surface area (Å²) in [6.45, 7) is 3.82. The van der Waals surface area contributed by atoms with Crippen LogP contribution in [0.5, 0.6) is 0 Å². The van der Waals surface area contributed by atoms with E-state index in [1.165, 1.54) is 12.1 Å². The summed E-state index contributed by atoms with van der Waals surface area (Å²) in [6.07, 6.45) is 2.90. The quantitative estimate of drug-likeness (QED) is 0.784. The monoisotopic (exact) mass is 257 g/mol. The topological polar surface area (TPSA) is 30.0 Å². The highest BCUT2D eigenvalue weighted by atomic mass is 19.1. The van der Waals surface area contributed by atoms with Crippen LogP contribution in [0.15, 0.2) is 36.5 Å². The third kappa shape index (κ3) is 3.47. The predicted octanol–water partition coefficient (Wildman–Crippen LogP) is 3.52. The largest absolute Gasteiger partial charge is 0.294 e. The lowest BCUT2D eigenvalue weighted by Gasteiger charge is -2.04. The summed E-state index contributed by atoms with van der Waals surface area (Å²) in [6, 6.07) is 8.20. The Morgan fingerprint density at radius 2 is 2.05 bits per heavy atom. The molecule has 0 aliphatic carbocycles. The maximum Gasteiger partial charge on any atom is 0.168 e. The zero-order valence-electron chi connectivity index (χ0n) is 11.1. The summed E-state index contributed by atoms with van der Waals surface area (Å²) in [4.78, 5) is 16.3. The van der Waals surface area contributed by atoms with Gasteiger partial charge in [-0.05, 0) is 48.7 Å². The lowest BCUT2D eigenvalue weighted by Crippen LogP contribution is -2.06. The molecule has 1 aromatic carbocycles. The number of nitrogens with zero attached hydrogens (tertiary/aromatic N) is 1. The van der Waals surface area contributed by atoms with Crippen LogP contribution in [0.2, 0.25) is 0 Å². The number of hydrogen-bond acceptors (Lipinski definition) is 2. The minimum atomic E-state index is -0.377. The third-order valence-electron chi connectivity index (χ3n) is 3.00. The molecule has 0 spiro atoms. The molecule has 0 aliphatic heterocycles. The lowest BCUT2D eigenvalue weighted by atomic mass is 10.0. The first-order chi connectivity index (χ1) is 9.08. The molecule has 0 unspecified atom stereocenters. The van der Waals surface area contributed by atoms with Crippen molar-refractivity contribution in [1.29, 1.82) is 0 Å². The van der Waals surface area contributed by atoms with Crippen molar-refractivity contribution >= 4 is 5.78 Å². The molecule has 0 bridgehead atoms. The van der Waals surface area contributed by atoms with Gasteiger partial charge in [-0.2, -0.15) is 0 Å². The molecule has 0 N–H and O–H groups in total. The number of aromatic nitrogens is 1. The second-order valence-corrected chi connectivity index (χ2v) is 4.63. The van der Waals surface area contributed by atoms with E-state index in [-0.39, 0.29) is 18.0 Å². The number of ketones is 1. The molecular weight excluding hydrogens is 241 g/mol. The van der Waals surface area contributed by atoms with Crippen molar-refractivity contribution in [2.75, 3.05) is 0 Å². The van der Waals surface area contributed by atoms with Gasteiger partial charge >= 0.3 is 0 Å². The van der Waals surface area contributed by atoms with Crippen LogP contribution >= 0.6 is 0 Å². The number of aryl methyl sites for hydroxylation is 2. The molecule has 98 valence electrons. The van der Waals surface area contributed by atoms with Gasteiger partial charge in [0.1, 0.15) is 5.82 Å². The summed E-state index contributed by atoms with van der Waals surface area (Å²) < 4.78 is 13.3. The van der Waals surface area contributed by atoms with Gasteiger partial charge in [0.2, 0.25) is 0 Å². The van der Waals surface area contributed by atoms with Gasteiger partial charge in [0.15, 0.2) is 5.78 Å². The number of benzene rings is 1. The van der Waals surface area contributed by atoms with Gasteiger partial charge < -0.3 is 0 Å². The van der Waals surface area contributed by atoms with Crippen LogP contribution in [-0.2, 0) is 12.8 Å². The molecule has 0 atom stereocenters. The van der Waals surface area contributed by atoms with Crippen LogP contribution in [0, 0.1) is 12.7 Å². The zero-order valence-corrected chi connectivity index (χ0v) is 11.1. The smallest absolute Gasteiger partial charge is 0.168 e. The van der Waals surface area contributed by atoms with E-state index in [0.29, 0.717) is 11.3 Å². The molecule has 2 rings (SSSR count). The Hall–Kier alpha value is -2.03. The van der Waals surface area contributed by atoms with Gasteiger partial charge in [0, 0.05) is 17.5 Å². The molecule has 0 radical (unpaired) electrons. The fraction of sp³-hybridized carbons (Fsp3) is 0.250. The molecule has 0 saturated carbocycles. The summed E-state index contributed by atoms with van der Waals surface area (Å²) in [5.74, 6) is -0.489. The second-order valence-electron chi connectivity index (χ2n) is 4.63. The van der Waals surface area contributed by atoms with E-state index >= 15 is 0 Å². The van der Waals surface area contributed by atoms with Gasteiger partial charge in [-0.25, -0.2) is 4.39 Å². The molecular formula is C16H16FNO. The number of rotatable bonds is 4. The van der Waals surface area contributed by atoms with E-state index in [4.69, 9.17) is 0 Å². The van der Waals surface area contributed by atoms with Gasteiger partial charge in [-0.3, -0.25) is 9.78 Å². The summed E-state index contributed by atoms with van der Waals surface area (Å²) in [7, 11) is 0. The van der Waals surface area contributed by atoms with Gasteiger partial charge in [-0.1, -0.05) is 13.0 Å². The molecule has 0 saturated heterocycles. The van der Waals surface area contributed by atoms with Crippen LogP contribution in [0.4, 0.5) is 4.39 Å². The molecule has 2 nitrogen and oxygen atoms in total. The van der Waals surface area contributed by atoms with Crippen LogP contribution in [0.25, 0.3) is 0 Å². The van der Waals surface area contributed by atoms with E-state index in [1.54, 1.807) is 19.2 Å². The molecule has 2 aromatic rings. The molecule has 0 amide bonds. The minimum Gasteiger partial charge on any atom is -0.294 e. The van der Waals surface area contributed by atoms with Crippen molar-refractivity contribution in [3.63, 3.8) is 0 Å². The van der Waals surface area contributed by atoms with Gasteiger partial charge in [0.05, 0.1) is 6.42 Å². The number of pyridine rings is 1. The van der Waals surface area contributed by atoms with Gasteiger partial charge in [-0.15, -0.1) is 0 Å². The number of hydrogen-bond donors (Lipinski definition) is 0. The Morgan fingerprint density at radius 3 is 2.63 bits per heavy atom. The molecule has 19 heavy (non-hydrogen) atoms. The van der Waals surface area contributed by atoms with E-state index in [0.717, 1.165) is 17.5 Å². The van der Waals surface area contributed by atoms with Crippen molar-refractivity contribution in [2.45, 2.75) is 26.7 Å². The second kappa shape index (κ2) is 5.74. The van der Waals surface area contributed by atoms with E-state index in [2.05, 4.69) is 11.9 Å². The summed E-state index contributed by atoms with van der Waals surface area (Å²) in [5.41, 5.74) is 3.00. The third-order valence-corrected chi connectivity index (χ3v) is 3.00. The number of carbonyl (C=O) groups is 1. The van der Waals surface area contributed by atoms with Crippen molar-refractivity contribution < 1.29 is 9.18 Å². The SMILES string of the molecule is CCc1ccc(CC(=O)c2cc(C)cc(F)c2)nc1. The van der Waals surface area contributed by atoms with Crippen molar-refractivity contribution in [3.8, 4) is 0 Å². The normalized spacial score (nSPS) is 10.5. The van der Waals surface area contributed by atoms with E-state index < -0.39 is 0 Å². The van der Waals surface area contributed by atoms with Crippen LogP contribution in [0.3, 0.4) is 0 Å². The lowest BCUT2D eigenvalue weighted by molar-refractivity contribution is 0.0991. The van der Waals surface area contributed by atoms with E-state index in [1.807, 2.05) is 12.1 Å². The number of halogens is 1. The fourth-order valence-electron chi connectivity index (χ4n) is 1.93. The Bertz CT molecular complexity index is 570. The predicted molar refractivity (Wildman–Crippen MR) is 72.8 cm³/mol. The first-order valence-corrected chi connectivity index (χ1v) is 6.32. The highest BCUT2D eigenvalue weighted by Crippen LogP contribution is 2.11. The average Bonchev–Trinajstić information content (AvgIpc) is 2.38. The zero-order chi connectivity index (χ0) is 13.8. The Kier molecular flexibility index (Phi) is 4.05. The highest BCUT2D eigenvalue weighted by molar-refractivity contribution is 5.97. The number of carbonyl (C=O) groups excluding carboxylic acids is 1. The maximum atomic E-state index is 13.3. The summed E-state index contributed by atoms with van der Waals surface area (Å²) >= 11 is 0. The van der Waals surface area contributed by atoms with Crippen molar-refractivity contribution in [3.05, 3.63) is 64.7 Å². The first-order valence-electron chi connectivity index (χ1n) is 6.32. The molecule has 0 fully saturated rings. The number of Topliss-reactive ketones (excluding diaryl/α,β-unsaturated/α-hetero) is 1. The van der Waals surface area contributed by atoms with Crippen LogP contribution in [-0.4, -0.2) is 10.8 Å². The Labute approximate surface area is 112 Å². The van der Waals surface area contributed by atoms with E-state index in [9.17, 15) is 9.18 Å². The Morgan fingerprint density at radius 1 is 1.26 bits per heavy atom. The Balaban J connectivity index is 2.15. The highest BCUT2D eigenvalue weighted by Gasteiger charge is 2.09. The fourth-order valence-corrected chi connectivity index (χ4v) is 1.93. The van der Waals surface area contributed by atoms with Crippen LogP contribution in [0.1, 0.15) is 34.1 Å². The summed E-state index contributed by atoms with van der Waals surface area (Å²) in [5, 5.41) is 0. The minimum absolute atomic E-state index is 0.112. The molecule has 1 heterocycles. The standard InChI is InChI=1S/C16H16FNO/c1-3-12-4-5-15(18-10-12)9-16(19)13-6-11(2)7-14(17)8-13/h4-8,10H,3,9H2,1-2H3. The van der Waals surface area contributed by atoms with Crippen molar-refractivity contribution in [2.24, 2.45) is 0 Å². The van der Waals surface area contributed by atoms with Gasteiger partial charge in [0.25, 0.3) is 0 Å². The average molecular weight is 257 g/mol. The van der Waals surface area contributed by atoms with Crippen molar-refractivity contribution in [1.82, 2.24) is 4.98 Å².